The molecule has 5 aliphatic rings. The molecule has 9 atom stereocenters. The molecule has 0 aliphatic heterocycles. The molecule has 5 heteroatoms. The highest BCUT2D eigenvalue weighted by Gasteiger charge is 2.72. The standard InChI is InChI=1S/C40H56O5/c1-24(2)27-16-19-40(35(42)45-10)21-20-38(6)28(32(27)40)14-15-31-37(5)23-26(22-25-12-11-13-29(43-8)33(25)44-9)34(41)36(3,4)30(37)17-18-39(31,38)7/h11-13,22,27-28,30-32H,1,14-21,23H2,2-10H3/t27-,28+,30+,31+,32+,37+,38-,39-,40-/m1/s1. The molecule has 5 aliphatic carbocycles. The molecule has 0 amide bonds. The minimum Gasteiger partial charge on any atom is -0.493 e. The summed E-state index contributed by atoms with van der Waals surface area (Å²) in [6.07, 6.45) is 11.3. The van der Waals surface area contributed by atoms with Gasteiger partial charge in [0.2, 0.25) is 0 Å². The number of methoxy groups -OCH3 is 3. The second-order valence-electron chi connectivity index (χ2n) is 16.8. The Labute approximate surface area is 271 Å². The average molecular weight is 617 g/mol. The minimum atomic E-state index is -0.451. The molecule has 6 rings (SSSR count). The summed E-state index contributed by atoms with van der Waals surface area (Å²) >= 11 is 0. The molecule has 5 fully saturated rings. The second kappa shape index (κ2) is 10.7. The van der Waals surface area contributed by atoms with Gasteiger partial charge in [-0.1, -0.05) is 58.9 Å². The van der Waals surface area contributed by atoms with E-state index in [9.17, 15) is 9.59 Å². The van der Waals surface area contributed by atoms with E-state index in [2.05, 4.69) is 54.2 Å². The number of ketones is 1. The Bertz CT molecular complexity index is 1440. The van der Waals surface area contributed by atoms with Gasteiger partial charge in [-0.25, -0.2) is 0 Å². The van der Waals surface area contributed by atoms with Crippen LogP contribution in [0.5, 0.6) is 11.5 Å². The predicted octanol–water partition coefficient (Wildman–Crippen LogP) is 9.10. The molecule has 0 unspecified atom stereocenters. The number of benzene rings is 1. The fraction of sp³-hybridized carbons (Fsp3) is 0.700. The first-order valence-electron chi connectivity index (χ1n) is 17.4. The summed E-state index contributed by atoms with van der Waals surface area (Å²) in [4.78, 5) is 27.9. The van der Waals surface area contributed by atoms with E-state index in [1.165, 1.54) is 5.57 Å². The molecule has 0 saturated heterocycles. The number of hydrogen-bond donors (Lipinski definition) is 0. The van der Waals surface area contributed by atoms with Gasteiger partial charge in [0.1, 0.15) is 0 Å². The molecule has 0 aromatic heterocycles. The van der Waals surface area contributed by atoms with Crippen LogP contribution in [0.15, 0.2) is 35.9 Å². The number of carbonyl (C=O) groups excluding carboxylic acids is 2. The maximum Gasteiger partial charge on any atom is 0.312 e. The van der Waals surface area contributed by atoms with Gasteiger partial charge < -0.3 is 14.2 Å². The van der Waals surface area contributed by atoms with E-state index in [0.717, 1.165) is 68.9 Å². The maximum atomic E-state index is 14.3. The second-order valence-corrected chi connectivity index (χ2v) is 16.8. The van der Waals surface area contributed by atoms with E-state index in [0.29, 0.717) is 41.1 Å². The van der Waals surface area contributed by atoms with Crippen LogP contribution in [-0.2, 0) is 14.3 Å². The van der Waals surface area contributed by atoms with Crippen molar-refractivity contribution in [3.05, 3.63) is 41.5 Å². The van der Waals surface area contributed by atoms with E-state index in [-0.39, 0.29) is 33.4 Å². The van der Waals surface area contributed by atoms with Crippen LogP contribution in [0.1, 0.15) is 105 Å². The molecule has 5 saturated carbocycles. The Morgan fingerprint density at radius 2 is 1.62 bits per heavy atom. The zero-order chi connectivity index (χ0) is 32.7. The summed E-state index contributed by atoms with van der Waals surface area (Å²) < 4.78 is 16.9. The summed E-state index contributed by atoms with van der Waals surface area (Å²) in [5.41, 5.74) is 2.41. The van der Waals surface area contributed by atoms with E-state index in [1.54, 1.807) is 21.3 Å². The van der Waals surface area contributed by atoms with Gasteiger partial charge in [-0.15, -0.1) is 0 Å². The van der Waals surface area contributed by atoms with Gasteiger partial charge >= 0.3 is 5.97 Å². The summed E-state index contributed by atoms with van der Waals surface area (Å²) in [6, 6.07) is 5.89. The highest BCUT2D eigenvalue weighted by atomic mass is 16.5. The number of esters is 1. The molecule has 0 radical (unpaired) electrons. The number of para-hydroxylation sites is 1. The van der Waals surface area contributed by atoms with Gasteiger partial charge in [0, 0.05) is 11.0 Å². The number of rotatable bonds is 5. The number of Topliss-reactive ketones (excluding diaryl/α,β-unsaturated/α-hetero) is 1. The van der Waals surface area contributed by atoms with Gasteiger partial charge in [0.05, 0.1) is 26.7 Å². The highest BCUT2D eigenvalue weighted by Crippen LogP contribution is 2.77. The Kier molecular flexibility index (Phi) is 7.73. The van der Waals surface area contributed by atoms with Crippen molar-refractivity contribution in [2.75, 3.05) is 21.3 Å². The lowest BCUT2D eigenvalue weighted by molar-refractivity contribution is -0.232. The van der Waals surface area contributed by atoms with Crippen LogP contribution in [0.3, 0.4) is 0 Å². The zero-order valence-electron chi connectivity index (χ0n) is 29.3. The van der Waals surface area contributed by atoms with Crippen LogP contribution in [-0.4, -0.2) is 33.1 Å². The predicted molar refractivity (Wildman–Crippen MR) is 179 cm³/mol. The zero-order valence-corrected chi connectivity index (χ0v) is 29.3. The van der Waals surface area contributed by atoms with Gasteiger partial charge in [-0.05, 0) is 128 Å². The Morgan fingerprint density at radius 1 is 0.889 bits per heavy atom. The third-order valence-electron chi connectivity index (χ3n) is 15.0. The molecule has 1 aromatic rings. The number of fused-ring (bicyclic) bond motifs is 7. The van der Waals surface area contributed by atoms with Crippen LogP contribution in [0.25, 0.3) is 6.08 Å². The van der Waals surface area contributed by atoms with Gasteiger partial charge in [-0.2, -0.15) is 0 Å². The first-order chi connectivity index (χ1) is 21.2. The molecule has 5 nitrogen and oxygen atoms in total. The van der Waals surface area contributed by atoms with Gasteiger partial charge in [0.25, 0.3) is 0 Å². The third kappa shape index (κ3) is 4.23. The number of hydrogen-bond acceptors (Lipinski definition) is 5. The molecule has 0 N–H and O–H groups in total. The molecule has 0 heterocycles. The Morgan fingerprint density at radius 3 is 2.27 bits per heavy atom. The molecule has 0 spiro atoms. The van der Waals surface area contributed by atoms with Crippen molar-refractivity contribution < 1.29 is 23.8 Å². The van der Waals surface area contributed by atoms with E-state index in [4.69, 9.17) is 14.2 Å². The Balaban J connectivity index is 1.42. The van der Waals surface area contributed by atoms with Gasteiger partial charge in [-0.3, -0.25) is 9.59 Å². The summed E-state index contributed by atoms with van der Waals surface area (Å²) in [7, 11) is 4.89. The summed E-state index contributed by atoms with van der Waals surface area (Å²) in [6.45, 7) is 18.7. The monoisotopic (exact) mass is 616 g/mol. The van der Waals surface area contributed by atoms with Crippen LogP contribution < -0.4 is 9.47 Å². The molecule has 0 bridgehead atoms. The quantitative estimate of drug-likeness (QED) is 0.188. The van der Waals surface area contributed by atoms with Crippen molar-refractivity contribution >= 4 is 17.8 Å². The van der Waals surface area contributed by atoms with Crippen molar-refractivity contribution in [3.63, 3.8) is 0 Å². The molecule has 1 aromatic carbocycles. The van der Waals surface area contributed by atoms with Crippen molar-refractivity contribution in [1.29, 1.82) is 0 Å². The lowest BCUT2D eigenvalue weighted by atomic mass is 9.32. The van der Waals surface area contributed by atoms with Crippen LogP contribution in [0, 0.1) is 56.7 Å². The number of ether oxygens (including phenoxy) is 3. The van der Waals surface area contributed by atoms with Crippen LogP contribution >= 0.6 is 0 Å². The summed E-state index contributed by atoms with van der Waals surface area (Å²) in [5.74, 6) is 3.58. The van der Waals surface area contributed by atoms with E-state index in [1.807, 2.05) is 18.2 Å². The SMILES string of the molecule is C=C(C)[C@H]1CC[C@@]2(C(=O)OC)CC[C@]3(C)[C@@H](CC[C@H]4[C@@]5(C)CC(=Cc6cccc(OC)c6OC)C(=O)C(C)(C)[C@@H]5CC[C@]43C)[C@H]12. The van der Waals surface area contributed by atoms with E-state index < -0.39 is 5.41 Å². The lowest BCUT2D eigenvalue weighted by Gasteiger charge is -2.72. The minimum absolute atomic E-state index is 0.0107. The highest BCUT2D eigenvalue weighted by molar-refractivity contribution is 6.04. The molecule has 246 valence electrons. The summed E-state index contributed by atoms with van der Waals surface area (Å²) in [5, 5.41) is 0. The van der Waals surface area contributed by atoms with E-state index >= 15 is 0 Å². The van der Waals surface area contributed by atoms with Crippen LogP contribution in [0.4, 0.5) is 0 Å². The number of allylic oxidation sites excluding steroid dienone is 2. The first-order valence-corrected chi connectivity index (χ1v) is 17.4. The fourth-order valence-corrected chi connectivity index (χ4v) is 12.9. The number of carbonyl (C=O) groups is 2. The van der Waals surface area contributed by atoms with Crippen molar-refractivity contribution in [2.45, 2.75) is 99.3 Å². The largest absolute Gasteiger partial charge is 0.493 e. The third-order valence-corrected chi connectivity index (χ3v) is 15.0. The first kappa shape index (κ1) is 32.4. The van der Waals surface area contributed by atoms with Crippen LogP contribution in [0.2, 0.25) is 0 Å². The molecular formula is C40H56O5. The molecular weight excluding hydrogens is 560 g/mol. The van der Waals surface area contributed by atoms with Crippen molar-refractivity contribution in [2.24, 2.45) is 56.7 Å². The topological polar surface area (TPSA) is 61.8 Å². The average Bonchev–Trinajstić information content (AvgIpc) is 3.41. The maximum absolute atomic E-state index is 14.3. The normalized spacial score (nSPS) is 42.6. The van der Waals surface area contributed by atoms with Gasteiger partial charge in [0.15, 0.2) is 17.3 Å². The van der Waals surface area contributed by atoms with Crippen molar-refractivity contribution in [3.8, 4) is 11.5 Å². The Hall–Kier alpha value is -2.56. The smallest absolute Gasteiger partial charge is 0.312 e. The molecule has 45 heavy (non-hydrogen) atoms. The lowest BCUT2D eigenvalue weighted by Crippen LogP contribution is -2.67. The van der Waals surface area contributed by atoms with Crippen molar-refractivity contribution in [1.82, 2.24) is 0 Å². The fourth-order valence-electron chi connectivity index (χ4n) is 12.9.